The Morgan fingerprint density at radius 2 is 2.35 bits per heavy atom. The van der Waals surface area contributed by atoms with Crippen molar-refractivity contribution in [2.24, 2.45) is 5.92 Å². The van der Waals surface area contributed by atoms with Gasteiger partial charge in [0, 0.05) is 25.2 Å². The number of hydrogen-bond acceptors (Lipinski definition) is 4. The standard InChI is InChI=1S/C14H20ClN3O2/c1-17(9-11-3-2-6-16-8-11)10-12-4-5-13(18(19)20)7-14(12)15/h4-5,7,11,16H,2-3,6,8-10H2,1H3. The zero-order chi connectivity index (χ0) is 14.5. The fraction of sp³-hybridized carbons (Fsp3) is 0.571. The lowest BCUT2D eigenvalue weighted by Crippen LogP contribution is -2.36. The maximum atomic E-state index is 10.7. The molecule has 1 N–H and O–H groups in total. The minimum atomic E-state index is -0.424. The molecule has 1 aromatic rings. The fourth-order valence-electron chi connectivity index (χ4n) is 2.65. The first-order chi connectivity index (χ1) is 9.56. The third kappa shape index (κ3) is 4.16. The predicted molar refractivity (Wildman–Crippen MR) is 80.0 cm³/mol. The monoisotopic (exact) mass is 297 g/mol. The summed E-state index contributed by atoms with van der Waals surface area (Å²) in [5, 5.41) is 14.6. The Morgan fingerprint density at radius 1 is 1.55 bits per heavy atom. The predicted octanol–water partition coefficient (Wildman–Crippen LogP) is 2.68. The van der Waals surface area contributed by atoms with Gasteiger partial charge in [0.1, 0.15) is 0 Å². The van der Waals surface area contributed by atoms with Crippen molar-refractivity contribution in [3.8, 4) is 0 Å². The maximum absolute atomic E-state index is 10.7. The van der Waals surface area contributed by atoms with Gasteiger partial charge < -0.3 is 10.2 Å². The molecule has 0 spiro atoms. The number of nitrogens with one attached hydrogen (secondary N) is 1. The third-order valence-electron chi connectivity index (χ3n) is 3.66. The lowest BCUT2D eigenvalue weighted by molar-refractivity contribution is -0.384. The van der Waals surface area contributed by atoms with Crippen LogP contribution in [0.15, 0.2) is 18.2 Å². The number of non-ortho nitro benzene ring substituents is 1. The molecule has 6 heteroatoms. The lowest BCUT2D eigenvalue weighted by Gasteiger charge is -2.27. The molecule has 5 nitrogen and oxygen atoms in total. The smallest absolute Gasteiger partial charge is 0.270 e. The van der Waals surface area contributed by atoms with Gasteiger partial charge in [0.2, 0.25) is 0 Å². The quantitative estimate of drug-likeness (QED) is 0.670. The summed E-state index contributed by atoms with van der Waals surface area (Å²) in [5.41, 5.74) is 0.974. The molecular weight excluding hydrogens is 278 g/mol. The Bertz CT molecular complexity index is 475. The molecule has 0 amide bonds. The van der Waals surface area contributed by atoms with Crippen molar-refractivity contribution in [1.29, 1.82) is 0 Å². The summed E-state index contributed by atoms with van der Waals surface area (Å²) in [7, 11) is 2.06. The van der Waals surface area contributed by atoms with E-state index in [1.807, 2.05) is 0 Å². The van der Waals surface area contributed by atoms with E-state index in [4.69, 9.17) is 11.6 Å². The number of rotatable bonds is 5. The van der Waals surface area contributed by atoms with E-state index in [0.717, 1.165) is 25.2 Å². The molecule has 1 aliphatic rings. The third-order valence-corrected chi connectivity index (χ3v) is 4.01. The number of benzene rings is 1. The first kappa shape index (κ1) is 15.2. The van der Waals surface area contributed by atoms with Crippen molar-refractivity contribution in [2.45, 2.75) is 19.4 Å². The molecule has 1 aliphatic heterocycles. The minimum absolute atomic E-state index is 0.0397. The maximum Gasteiger partial charge on any atom is 0.270 e. The van der Waals surface area contributed by atoms with Crippen LogP contribution in [0.2, 0.25) is 5.02 Å². The van der Waals surface area contributed by atoms with Crippen LogP contribution in [0.4, 0.5) is 5.69 Å². The summed E-state index contributed by atoms with van der Waals surface area (Å²) in [6.45, 7) is 3.92. The molecule has 0 radical (unpaired) electrons. The highest BCUT2D eigenvalue weighted by Gasteiger charge is 2.16. The fourth-order valence-corrected chi connectivity index (χ4v) is 2.89. The number of nitro groups is 1. The van der Waals surface area contributed by atoms with Crippen LogP contribution < -0.4 is 5.32 Å². The molecule has 0 aliphatic carbocycles. The van der Waals surface area contributed by atoms with Gasteiger partial charge in [-0.25, -0.2) is 0 Å². The minimum Gasteiger partial charge on any atom is -0.316 e. The molecule has 0 aromatic heterocycles. The van der Waals surface area contributed by atoms with E-state index in [9.17, 15) is 10.1 Å². The first-order valence-corrected chi connectivity index (χ1v) is 7.26. The van der Waals surface area contributed by atoms with Crippen molar-refractivity contribution in [2.75, 3.05) is 26.7 Å². The number of nitrogens with zero attached hydrogens (tertiary/aromatic N) is 2. The van der Waals surface area contributed by atoms with Gasteiger partial charge in [-0.2, -0.15) is 0 Å². The van der Waals surface area contributed by atoms with E-state index in [0.29, 0.717) is 17.5 Å². The topological polar surface area (TPSA) is 58.4 Å². The zero-order valence-corrected chi connectivity index (χ0v) is 12.4. The van der Waals surface area contributed by atoms with Crippen LogP contribution in [0.1, 0.15) is 18.4 Å². The zero-order valence-electron chi connectivity index (χ0n) is 11.6. The first-order valence-electron chi connectivity index (χ1n) is 6.88. The van der Waals surface area contributed by atoms with Crippen LogP contribution >= 0.6 is 11.6 Å². The molecule has 20 heavy (non-hydrogen) atoms. The lowest BCUT2D eigenvalue weighted by atomic mass is 9.99. The van der Waals surface area contributed by atoms with Gasteiger partial charge in [-0.05, 0) is 50.5 Å². The Balaban J connectivity index is 1.93. The highest BCUT2D eigenvalue weighted by atomic mass is 35.5. The van der Waals surface area contributed by atoms with Crippen LogP contribution in [0, 0.1) is 16.0 Å². The van der Waals surface area contributed by atoms with Crippen molar-refractivity contribution < 1.29 is 4.92 Å². The van der Waals surface area contributed by atoms with Crippen molar-refractivity contribution in [1.82, 2.24) is 10.2 Å². The van der Waals surface area contributed by atoms with Crippen LogP contribution in [0.5, 0.6) is 0 Å². The van der Waals surface area contributed by atoms with Gasteiger partial charge in [0.05, 0.1) is 9.95 Å². The second-order valence-corrected chi connectivity index (χ2v) is 5.85. The number of hydrogen-bond donors (Lipinski definition) is 1. The molecule has 1 unspecified atom stereocenters. The van der Waals surface area contributed by atoms with E-state index in [1.54, 1.807) is 6.07 Å². The van der Waals surface area contributed by atoms with Crippen molar-refractivity contribution in [3.05, 3.63) is 38.9 Å². The van der Waals surface area contributed by atoms with Gasteiger partial charge in [-0.15, -0.1) is 0 Å². The van der Waals surface area contributed by atoms with Gasteiger partial charge in [0.15, 0.2) is 0 Å². The Morgan fingerprint density at radius 3 is 2.95 bits per heavy atom. The summed E-state index contributed by atoms with van der Waals surface area (Å²) < 4.78 is 0. The molecular formula is C14H20ClN3O2. The van der Waals surface area contributed by atoms with Crippen LogP contribution in [-0.2, 0) is 6.54 Å². The van der Waals surface area contributed by atoms with Gasteiger partial charge >= 0.3 is 0 Å². The highest BCUT2D eigenvalue weighted by molar-refractivity contribution is 6.31. The average molecular weight is 298 g/mol. The Labute approximate surface area is 124 Å². The number of halogens is 1. The summed E-state index contributed by atoms with van der Waals surface area (Å²) in [6.07, 6.45) is 2.49. The number of nitro benzene ring substituents is 1. The highest BCUT2D eigenvalue weighted by Crippen LogP contribution is 2.24. The van der Waals surface area contributed by atoms with E-state index >= 15 is 0 Å². The molecule has 0 saturated carbocycles. The Kier molecular flexibility index (Phi) is 5.34. The second kappa shape index (κ2) is 7.02. The Hall–Kier alpha value is -1.17. The second-order valence-electron chi connectivity index (χ2n) is 5.44. The summed E-state index contributed by atoms with van der Waals surface area (Å²) in [5.74, 6) is 0.672. The molecule has 110 valence electrons. The van der Waals surface area contributed by atoms with E-state index in [2.05, 4.69) is 17.3 Å². The number of piperidine rings is 1. The van der Waals surface area contributed by atoms with Crippen LogP contribution in [-0.4, -0.2) is 36.5 Å². The molecule has 1 aromatic carbocycles. The van der Waals surface area contributed by atoms with Gasteiger partial charge in [0.25, 0.3) is 5.69 Å². The van der Waals surface area contributed by atoms with E-state index < -0.39 is 4.92 Å². The van der Waals surface area contributed by atoms with E-state index in [1.165, 1.54) is 25.0 Å². The van der Waals surface area contributed by atoms with Crippen molar-refractivity contribution in [3.63, 3.8) is 0 Å². The summed E-state index contributed by atoms with van der Waals surface area (Å²) in [6, 6.07) is 4.68. The molecule has 1 heterocycles. The molecule has 1 atom stereocenters. The largest absolute Gasteiger partial charge is 0.316 e. The van der Waals surface area contributed by atoms with Crippen molar-refractivity contribution >= 4 is 17.3 Å². The summed E-state index contributed by atoms with van der Waals surface area (Å²) in [4.78, 5) is 12.5. The molecule has 2 rings (SSSR count). The van der Waals surface area contributed by atoms with Gasteiger partial charge in [-0.3, -0.25) is 10.1 Å². The molecule has 1 saturated heterocycles. The summed E-state index contributed by atoms with van der Waals surface area (Å²) >= 11 is 6.12. The van der Waals surface area contributed by atoms with Gasteiger partial charge in [-0.1, -0.05) is 11.6 Å². The molecule has 0 bridgehead atoms. The normalized spacial score (nSPS) is 19.2. The molecule has 1 fully saturated rings. The average Bonchev–Trinajstić information content (AvgIpc) is 2.42. The van der Waals surface area contributed by atoms with Crippen LogP contribution in [0.3, 0.4) is 0 Å². The van der Waals surface area contributed by atoms with E-state index in [-0.39, 0.29) is 5.69 Å². The van der Waals surface area contributed by atoms with Crippen LogP contribution in [0.25, 0.3) is 0 Å². The SMILES string of the molecule is CN(Cc1ccc([N+](=O)[O-])cc1Cl)CC1CCCNC1.